The van der Waals surface area contributed by atoms with E-state index in [-0.39, 0.29) is 0 Å². The van der Waals surface area contributed by atoms with Gasteiger partial charge in [0.05, 0.1) is 0 Å². The van der Waals surface area contributed by atoms with Crippen molar-refractivity contribution < 1.29 is 4.74 Å². The number of nitrogens with two attached hydrogens (primary N) is 1. The van der Waals surface area contributed by atoms with E-state index in [9.17, 15) is 0 Å². The van der Waals surface area contributed by atoms with Gasteiger partial charge in [-0.25, -0.2) is 0 Å². The molecule has 0 atom stereocenters. The van der Waals surface area contributed by atoms with E-state index < -0.39 is 0 Å². The van der Waals surface area contributed by atoms with Crippen molar-refractivity contribution in [1.29, 1.82) is 0 Å². The van der Waals surface area contributed by atoms with Gasteiger partial charge in [0.1, 0.15) is 11.5 Å². The number of hydrogen-bond acceptors (Lipinski definition) is 2. The second-order valence-corrected chi connectivity index (χ2v) is 12.3. The largest absolute Gasteiger partial charge is 0.457 e. The predicted octanol–water partition coefficient (Wildman–Crippen LogP) is 12.1. The van der Waals surface area contributed by atoms with Crippen LogP contribution in [0.25, 0.3) is 44.7 Å². The summed E-state index contributed by atoms with van der Waals surface area (Å²) in [5.74, 6) is 1.72. The summed E-state index contributed by atoms with van der Waals surface area (Å²) in [6.07, 6.45) is 11.9. The molecule has 0 unspecified atom stereocenters. The molecule has 0 aromatic heterocycles. The van der Waals surface area contributed by atoms with E-state index in [1.54, 1.807) is 0 Å². The Labute approximate surface area is 284 Å². The van der Waals surface area contributed by atoms with Gasteiger partial charge in [0.25, 0.3) is 0 Å². The Balaban J connectivity index is 0.955. The lowest BCUT2D eigenvalue weighted by atomic mass is 9.97. The molecule has 0 spiro atoms. The first-order valence-corrected chi connectivity index (χ1v) is 16.7. The SMILES string of the molecule is Cc1ccccc1Oc1ccc(-c2ccc(-c3ccc(-c4ccc(C/C=C(\N)c5ccc(C6=CCCC=C6)cc5)cc4)cc3)cc2)cc1. The zero-order chi connectivity index (χ0) is 32.7. The van der Waals surface area contributed by atoms with Crippen molar-refractivity contribution in [3.8, 4) is 44.9 Å². The minimum absolute atomic E-state index is 0.794. The van der Waals surface area contributed by atoms with E-state index in [0.717, 1.165) is 53.1 Å². The molecule has 7 rings (SSSR count). The summed E-state index contributed by atoms with van der Waals surface area (Å²) >= 11 is 0. The van der Waals surface area contributed by atoms with Crippen molar-refractivity contribution in [2.75, 3.05) is 0 Å². The molecule has 0 saturated carbocycles. The van der Waals surface area contributed by atoms with Gasteiger partial charge >= 0.3 is 0 Å². The number of benzene rings is 6. The van der Waals surface area contributed by atoms with Gasteiger partial charge in [-0.2, -0.15) is 0 Å². The topological polar surface area (TPSA) is 35.2 Å². The molecule has 6 aromatic rings. The minimum atomic E-state index is 0.794. The first-order valence-electron chi connectivity index (χ1n) is 16.7. The van der Waals surface area contributed by atoms with Crippen LogP contribution >= 0.6 is 0 Å². The van der Waals surface area contributed by atoms with Crippen molar-refractivity contribution in [1.82, 2.24) is 0 Å². The smallest absolute Gasteiger partial charge is 0.130 e. The quantitative estimate of drug-likeness (QED) is 0.174. The number of rotatable bonds is 9. The van der Waals surface area contributed by atoms with Crippen LogP contribution in [-0.4, -0.2) is 0 Å². The lowest BCUT2D eigenvalue weighted by Gasteiger charge is -2.10. The highest BCUT2D eigenvalue weighted by molar-refractivity contribution is 5.76. The molecule has 0 saturated heterocycles. The van der Waals surface area contributed by atoms with Crippen molar-refractivity contribution in [2.45, 2.75) is 26.2 Å². The minimum Gasteiger partial charge on any atom is -0.457 e. The highest BCUT2D eigenvalue weighted by Gasteiger charge is 2.06. The second-order valence-electron chi connectivity index (χ2n) is 12.3. The zero-order valence-corrected chi connectivity index (χ0v) is 27.3. The summed E-state index contributed by atoms with van der Waals surface area (Å²) in [4.78, 5) is 0. The zero-order valence-electron chi connectivity index (χ0n) is 27.3. The Bertz CT molecular complexity index is 2080. The lowest BCUT2D eigenvalue weighted by Crippen LogP contribution is -1.98. The third-order valence-corrected chi connectivity index (χ3v) is 9.00. The monoisotopic (exact) mass is 621 g/mol. The third-order valence-electron chi connectivity index (χ3n) is 9.00. The summed E-state index contributed by atoms with van der Waals surface area (Å²) in [6, 6.07) is 51.2. The number of aryl methyl sites for hydroxylation is 1. The Morgan fingerprint density at radius 2 is 1.08 bits per heavy atom. The third kappa shape index (κ3) is 7.24. The molecule has 0 fully saturated rings. The van der Waals surface area contributed by atoms with E-state index in [4.69, 9.17) is 10.5 Å². The van der Waals surface area contributed by atoms with Crippen LogP contribution in [0, 0.1) is 6.92 Å². The van der Waals surface area contributed by atoms with Gasteiger partial charge in [-0.05, 0) is 106 Å². The molecule has 0 heterocycles. The number of hydrogen-bond donors (Lipinski definition) is 1. The average molecular weight is 622 g/mol. The number of allylic oxidation sites excluding steroid dienone is 5. The van der Waals surface area contributed by atoms with Crippen molar-refractivity contribution >= 4 is 11.3 Å². The van der Waals surface area contributed by atoms with Crippen molar-refractivity contribution in [3.63, 3.8) is 0 Å². The van der Waals surface area contributed by atoms with E-state index in [1.165, 1.54) is 44.5 Å². The number of ether oxygens (including phenoxy) is 1. The molecule has 2 nitrogen and oxygen atoms in total. The Morgan fingerprint density at radius 3 is 1.60 bits per heavy atom. The second kappa shape index (κ2) is 14.3. The van der Waals surface area contributed by atoms with Crippen molar-refractivity contribution in [2.24, 2.45) is 5.73 Å². The van der Waals surface area contributed by atoms with Crippen LogP contribution in [0.4, 0.5) is 0 Å². The molecule has 0 amide bonds. The Kier molecular flexibility index (Phi) is 9.15. The van der Waals surface area contributed by atoms with Gasteiger partial charge in [-0.3, -0.25) is 0 Å². The molecule has 0 aliphatic heterocycles. The normalized spacial score (nSPS) is 12.9. The van der Waals surface area contributed by atoms with Crippen LogP contribution in [0.5, 0.6) is 11.5 Å². The molecule has 1 aliphatic rings. The van der Waals surface area contributed by atoms with Crippen LogP contribution in [-0.2, 0) is 6.42 Å². The van der Waals surface area contributed by atoms with E-state index in [1.807, 2.05) is 30.3 Å². The molecule has 2 N–H and O–H groups in total. The van der Waals surface area contributed by atoms with E-state index in [0.29, 0.717) is 0 Å². The standard InChI is InChI=1S/C46H39NO/c1-33-7-5-6-10-46(33)48-44-30-28-42(29-31-44)41-22-20-40(21-23-41)39-18-16-38(17-19-39)36-14-11-34(12-15-36)13-32-45(47)43-26-24-37(25-27-43)35-8-3-2-4-9-35/h3,5-12,14-32H,2,4,13,47H2,1H3/b45-32-. The predicted molar refractivity (Wildman–Crippen MR) is 203 cm³/mol. The highest BCUT2D eigenvalue weighted by atomic mass is 16.5. The molecule has 1 aliphatic carbocycles. The summed E-state index contributed by atoms with van der Waals surface area (Å²) in [5.41, 5.74) is 20.4. The van der Waals surface area contributed by atoms with Crippen LogP contribution in [0.3, 0.4) is 0 Å². The maximum Gasteiger partial charge on any atom is 0.130 e. The van der Waals surface area contributed by atoms with Gasteiger partial charge in [-0.1, -0.05) is 152 Å². The maximum atomic E-state index is 6.45. The van der Waals surface area contributed by atoms with E-state index in [2.05, 4.69) is 146 Å². The molecule has 6 aromatic carbocycles. The molecular weight excluding hydrogens is 583 g/mol. The fourth-order valence-electron chi connectivity index (χ4n) is 6.09. The molecule has 0 bridgehead atoms. The number of para-hydroxylation sites is 1. The van der Waals surface area contributed by atoms with Crippen LogP contribution in [0.15, 0.2) is 170 Å². The Morgan fingerprint density at radius 1 is 0.583 bits per heavy atom. The summed E-state index contributed by atoms with van der Waals surface area (Å²) in [7, 11) is 0. The van der Waals surface area contributed by atoms with Crippen LogP contribution in [0.1, 0.15) is 35.1 Å². The highest BCUT2D eigenvalue weighted by Crippen LogP contribution is 2.31. The average Bonchev–Trinajstić information content (AvgIpc) is 3.16. The fraction of sp³-hybridized carbons (Fsp3) is 0.0870. The molecule has 48 heavy (non-hydrogen) atoms. The fourth-order valence-corrected chi connectivity index (χ4v) is 6.09. The maximum absolute atomic E-state index is 6.45. The van der Waals surface area contributed by atoms with E-state index >= 15 is 0 Å². The molecular formula is C46H39NO. The van der Waals surface area contributed by atoms with Crippen LogP contribution in [0.2, 0.25) is 0 Å². The molecule has 234 valence electrons. The summed E-state index contributed by atoms with van der Waals surface area (Å²) in [6.45, 7) is 2.06. The molecule has 0 radical (unpaired) electrons. The molecule has 2 heteroatoms. The first kappa shape index (κ1) is 30.8. The Hall–Kier alpha value is -5.86. The summed E-state index contributed by atoms with van der Waals surface area (Å²) < 4.78 is 6.07. The van der Waals surface area contributed by atoms with Crippen LogP contribution < -0.4 is 10.5 Å². The van der Waals surface area contributed by atoms with Gasteiger partial charge < -0.3 is 10.5 Å². The van der Waals surface area contributed by atoms with Crippen molar-refractivity contribution in [3.05, 3.63) is 192 Å². The van der Waals surface area contributed by atoms with Gasteiger partial charge in [-0.15, -0.1) is 0 Å². The summed E-state index contributed by atoms with van der Waals surface area (Å²) in [5, 5.41) is 0. The first-order chi connectivity index (χ1) is 23.6. The van der Waals surface area contributed by atoms with Gasteiger partial charge in [0.15, 0.2) is 0 Å². The lowest BCUT2D eigenvalue weighted by molar-refractivity contribution is 0.479. The van der Waals surface area contributed by atoms with Gasteiger partial charge in [0.2, 0.25) is 0 Å². The van der Waals surface area contributed by atoms with Gasteiger partial charge in [0, 0.05) is 5.70 Å².